The Labute approximate surface area is 170 Å². The van der Waals surface area contributed by atoms with Crippen LogP contribution in [0.3, 0.4) is 0 Å². The summed E-state index contributed by atoms with van der Waals surface area (Å²) < 4.78 is 14.4. The van der Waals surface area contributed by atoms with Gasteiger partial charge in [0, 0.05) is 23.7 Å². The van der Waals surface area contributed by atoms with Gasteiger partial charge in [0.15, 0.2) is 5.71 Å². The molecule has 0 fully saturated rings. The van der Waals surface area contributed by atoms with Gasteiger partial charge in [-0.05, 0) is 50.5 Å². The lowest BCUT2D eigenvalue weighted by atomic mass is 9.98. The molecular formula is C22H26FN3O3. The van der Waals surface area contributed by atoms with Gasteiger partial charge in [-0.1, -0.05) is 34.6 Å². The van der Waals surface area contributed by atoms with Gasteiger partial charge in [0.05, 0.1) is 5.71 Å². The maximum absolute atomic E-state index is 14.4. The molecule has 7 heteroatoms. The van der Waals surface area contributed by atoms with E-state index in [0.29, 0.717) is 22.4 Å². The number of nitrogens with zero attached hydrogens (tertiary/aromatic N) is 2. The number of halogens is 1. The summed E-state index contributed by atoms with van der Waals surface area (Å²) in [7, 11) is 2.90. The molecule has 2 rings (SSSR count). The average molecular weight is 399 g/mol. The van der Waals surface area contributed by atoms with Crippen LogP contribution < -0.4 is 5.32 Å². The first kappa shape index (κ1) is 22.1. The van der Waals surface area contributed by atoms with Gasteiger partial charge >= 0.3 is 0 Å². The topological polar surface area (TPSA) is 72.3 Å². The van der Waals surface area contributed by atoms with Gasteiger partial charge in [0.25, 0.3) is 5.91 Å². The predicted octanol–water partition coefficient (Wildman–Crippen LogP) is 3.79. The van der Waals surface area contributed by atoms with E-state index in [2.05, 4.69) is 15.6 Å². The highest BCUT2D eigenvalue weighted by atomic mass is 19.1. The summed E-state index contributed by atoms with van der Waals surface area (Å²) in [4.78, 5) is 22.6. The molecule has 0 atom stereocenters. The van der Waals surface area contributed by atoms with E-state index in [9.17, 15) is 9.18 Å². The number of amides is 1. The number of nitrogens with one attached hydrogen (secondary N) is 1. The Bertz CT molecular complexity index is 968. The van der Waals surface area contributed by atoms with E-state index in [4.69, 9.17) is 9.68 Å². The number of carbonyl (C=O) groups is 1. The summed E-state index contributed by atoms with van der Waals surface area (Å²) in [6.07, 6.45) is 0. The van der Waals surface area contributed by atoms with Crippen molar-refractivity contribution in [2.75, 3.05) is 14.2 Å². The van der Waals surface area contributed by atoms with E-state index in [1.165, 1.54) is 14.2 Å². The lowest BCUT2D eigenvalue weighted by Crippen LogP contribution is -2.29. The largest absolute Gasteiger partial charge is 0.398 e. The Morgan fingerprint density at radius 3 is 2.48 bits per heavy atom. The van der Waals surface area contributed by atoms with E-state index in [1.54, 1.807) is 32.0 Å². The summed E-state index contributed by atoms with van der Waals surface area (Å²) in [5.74, 6) is -0.693. The van der Waals surface area contributed by atoms with Crippen molar-refractivity contribution in [3.05, 3.63) is 69.5 Å². The normalized spacial score (nSPS) is 12.0. The van der Waals surface area contributed by atoms with Crippen LogP contribution in [0.4, 0.5) is 4.39 Å². The third-order valence-electron chi connectivity index (χ3n) is 4.49. The Morgan fingerprint density at radius 1 is 1.10 bits per heavy atom. The highest BCUT2D eigenvalue weighted by Gasteiger charge is 2.19. The number of hydrogen-bond acceptors (Lipinski definition) is 5. The van der Waals surface area contributed by atoms with Crippen molar-refractivity contribution in [1.29, 1.82) is 0 Å². The second-order valence-electron chi connectivity index (χ2n) is 6.70. The van der Waals surface area contributed by atoms with E-state index < -0.39 is 0 Å². The van der Waals surface area contributed by atoms with Gasteiger partial charge in [-0.15, -0.1) is 0 Å². The molecule has 0 saturated carbocycles. The highest BCUT2D eigenvalue weighted by molar-refractivity contribution is 6.45. The van der Waals surface area contributed by atoms with Crippen LogP contribution in [0.5, 0.6) is 0 Å². The second kappa shape index (κ2) is 9.82. The zero-order valence-electron chi connectivity index (χ0n) is 17.6. The van der Waals surface area contributed by atoms with Crippen molar-refractivity contribution in [3.63, 3.8) is 0 Å². The lowest BCUT2D eigenvalue weighted by molar-refractivity contribution is -0.114. The smallest absolute Gasteiger partial charge is 0.273 e. The van der Waals surface area contributed by atoms with Crippen molar-refractivity contribution >= 4 is 17.3 Å². The molecule has 1 amide bonds. The molecule has 0 aliphatic carbocycles. The lowest BCUT2D eigenvalue weighted by Gasteiger charge is -2.13. The Kier molecular flexibility index (Phi) is 7.47. The molecule has 29 heavy (non-hydrogen) atoms. The van der Waals surface area contributed by atoms with Gasteiger partial charge in [-0.2, -0.15) is 0 Å². The third-order valence-corrected chi connectivity index (χ3v) is 4.49. The molecule has 2 aromatic carbocycles. The third kappa shape index (κ3) is 5.19. The molecule has 0 aliphatic rings. The first-order chi connectivity index (χ1) is 13.8. The number of rotatable bonds is 7. The summed E-state index contributed by atoms with van der Waals surface area (Å²) in [5, 5.41) is 10.5. The molecule has 0 saturated heterocycles. The van der Waals surface area contributed by atoms with Gasteiger partial charge in [0.2, 0.25) is 0 Å². The first-order valence-electron chi connectivity index (χ1n) is 9.15. The van der Waals surface area contributed by atoms with Crippen LogP contribution in [0.25, 0.3) is 0 Å². The number of likely N-dealkylation sites (N-methyl/N-ethyl adjacent to an activating group) is 1. The van der Waals surface area contributed by atoms with Crippen molar-refractivity contribution in [2.45, 2.75) is 34.3 Å². The number of carbonyl (C=O) groups excluding carboxylic acids is 1. The van der Waals surface area contributed by atoms with E-state index in [1.807, 2.05) is 26.0 Å². The minimum atomic E-state index is -0.379. The summed E-state index contributed by atoms with van der Waals surface area (Å²) >= 11 is 0. The second-order valence-corrected chi connectivity index (χ2v) is 6.70. The molecule has 0 heterocycles. The van der Waals surface area contributed by atoms with Gasteiger partial charge < -0.3 is 15.0 Å². The van der Waals surface area contributed by atoms with Gasteiger partial charge in [0.1, 0.15) is 19.5 Å². The van der Waals surface area contributed by atoms with E-state index >= 15 is 0 Å². The Morgan fingerprint density at radius 2 is 1.83 bits per heavy atom. The maximum Gasteiger partial charge on any atom is 0.273 e. The molecule has 6 nitrogen and oxygen atoms in total. The zero-order chi connectivity index (χ0) is 21.6. The standard InChI is InChI=1S/C22H26FN3O3/c1-13-10-15(3)20(23)18(11-13)16(4)25-29-12-19-14(2)8-7-9-17(19)21(26-28-6)22(27)24-5/h7-11H,12H2,1-6H3,(H,24,27)/b25-16+,26-21+. The van der Waals surface area contributed by atoms with Crippen molar-refractivity contribution < 1.29 is 18.9 Å². The van der Waals surface area contributed by atoms with Crippen LogP contribution in [0.2, 0.25) is 0 Å². The van der Waals surface area contributed by atoms with Crippen LogP contribution in [0.1, 0.15) is 40.3 Å². The summed E-state index contributed by atoms with van der Waals surface area (Å²) in [6.45, 7) is 7.30. The fourth-order valence-electron chi connectivity index (χ4n) is 2.99. The highest BCUT2D eigenvalue weighted by Crippen LogP contribution is 2.19. The molecule has 0 bridgehead atoms. The summed E-state index contributed by atoms with van der Waals surface area (Å²) in [6, 6.07) is 9.00. The monoisotopic (exact) mass is 399 g/mol. The molecular weight excluding hydrogens is 373 g/mol. The molecule has 2 aromatic rings. The quantitative estimate of drug-likeness (QED) is 0.569. The number of aryl methyl sites for hydroxylation is 3. The molecule has 0 aliphatic heterocycles. The van der Waals surface area contributed by atoms with Crippen molar-refractivity contribution in [3.8, 4) is 0 Å². The van der Waals surface area contributed by atoms with Crippen molar-refractivity contribution in [2.24, 2.45) is 10.3 Å². The number of benzene rings is 2. The molecule has 0 aromatic heterocycles. The first-order valence-corrected chi connectivity index (χ1v) is 9.15. The average Bonchev–Trinajstić information content (AvgIpc) is 2.69. The molecule has 154 valence electrons. The van der Waals surface area contributed by atoms with Gasteiger partial charge in [-0.25, -0.2) is 4.39 Å². The molecule has 1 N–H and O–H groups in total. The van der Waals surface area contributed by atoms with Crippen LogP contribution in [-0.4, -0.2) is 31.5 Å². The van der Waals surface area contributed by atoms with Crippen LogP contribution in [-0.2, 0) is 21.1 Å². The Hall–Kier alpha value is -3.22. The van der Waals surface area contributed by atoms with Crippen molar-refractivity contribution in [1.82, 2.24) is 5.32 Å². The van der Waals surface area contributed by atoms with Gasteiger partial charge in [-0.3, -0.25) is 4.79 Å². The predicted molar refractivity (Wildman–Crippen MR) is 112 cm³/mol. The van der Waals surface area contributed by atoms with Crippen LogP contribution >= 0.6 is 0 Å². The molecule has 0 radical (unpaired) electrons. The van der Waals surface area contributed by atoms with Crippen LogP contribution in [0, 0.1) is 26.6 Å². The molecule has 0 spiro atoms. The minimum absolute atomic E-state index is 0.0888. The maximum atomic E-state index is 14.4. The molecule has 0 unspecified atom stereocenters. The Balaban J connectivity index is 2.33. The number of hydrogen-bond donors (Lipinski definition) is 1. The SMILES string of the molecule is CNC(=O)/C(=N/OC)c1cccc(C)c1CO/N=C(\C)c1cc(C)cc(C)c1F. The fraction of sp³-hybridized carbons (Fsp3) is 0.318. The zero-order valence-corrected chi connectivity index (χ0v) is 17.6. The van der Waals surface area contributed by atoms with Crippen LogP contribution in [0.15, 0.2) is 40.6 Å². The van der Waals surface area contributed by atoms with E-state index in [0.717, 1.165) is 16.7 Å². The number of oxime groups is 2. The summed E-state index contributed by atoms with van der Waals surface area (Å²) in [5.41, 5.74) is 4.70. The fourth-order valence-corrected chi connectivity index (χ4v) is 2.99. The van der Waals surface area contributed by atoms with E-state index in [-0.39, 0.29) is 24.0 Å². The minimum Gasteiger partial charge on any atom is -0.398 e.